The molecule has 0 saturated carbocycles. The number of hydrogen-bond acceptors (Lipinski definition) is 4. The second-order valence-electron chi connectivity index (χ2n) is 5.23. The van der Waals surface area contributed by atoms with Crippen LogP contribution in [0, 0.1) is 6.92 Å². The zero-order chi connectivity index (χ0) is 15.0. The summed E-state index contributed by atoms with van der Waals surface area (Å²) in [5, 5.41) is 3.44. The van der Waals surface area contributed by atoms with E-state index in [9.17, 15) is 4.79 Å². The molecule has 1 N–H and O–H groups in total. The molecule has 1 aromatic rings. The molecule has 0 saturated heterocycles. The van der Waals surface area contributed by atoms with Crippen LogP contribution in [0.25, 0.3) is 0 Å². The lowest BCUT2D eigenvalue weighted by Crippen LogP contribution is -2.33. The van der Waals surface area contributed by atoms with Gasteiger partial charge in [-0.25, -0.2) is 4.98 Å². The molecule has 0 fully saturated rings. The number of unbranched alkanes of at least 4 members (excludes halogenated alkanes) is 2. The van der Waals surface area contributed by atoms with Crippen LogP contribution in [-0.2, 0) is 6.54 Å². The molecule has 0 aliphatic carbocycles. The zero-order valence-corrected chi connectivity index (χ0v) is 13.1. The molecule has 0 aliphatic heterocycles. The number of methoxy groups -OCH3 is 1. The first kappa shape index (κ1) is 16.7. The van der Waals surface area contributed by atoms with Crippen LogP contribution in [0.4, 0.5) is 0 Å². The average Bonchev–Trinajstić information content (AvgIpc) is 2.41. The van der Waals surface area contributed by atoms with Gasteiger partial charge in [0.1, 0.15) is 0 Å². The predicted octanol–water partition coefficient (Wildman–Crippen LogP) is 2.12. The normalized spacial score (nSPS) is 12.4. The summed E-state index contributed by atoms with van der Waals surface area (Å²) in [5.74, 6) is 0. The van der Waals surface area contributed by atoms with Crippen LogP contribution in [-0.4, -0.2) is 29.2 Å². The summed E-state index contributed by atoms with van der Waals surface area (Å²) in [6.07, 6.45) is 4.95. The highest BCUT2D eigenvalue weighted by Crippen LogP contribution is 2.05. The third-order valence-electron chi connectivity index (χ3n) is 3.35. The Hall–Kier alpha value is -1.36. The smallest absolute Gasteiger partial charge is 0.299 e. The van der Waals surface area contributed by atoms with Crippen LogP contribution in [0.2, 0.25) is 0 Å². The number of ether oxygens (including phenoxy) is 1. The number of aromatic nitrogens is 2. The van der Waals surface area contributed by atoms with Gasteiger partial charge in [-0.2, -0.15) is 0 Å². The van der Waals surface area contributed by atoms with Gasteiger partial charge in [0.25, 0.3) is 11.6 Å². The number of hydrogen-bond donors (Lipinski definition) is 1. The van der Waals surface area contributed by atoms with Gasteiger partial charge in [-0.3, -0.25) is 9.36 Å². The molecule has 1 aromatic heterocycles. The molecule has 20 heavy (non-hydrogen) atoms. The molecule has 1 unspecified atom stereocenters. The van der Waals surface area contributed by atoms with Crippen LogP contribution in [0.5, 0.6) is 6.01 Å². The highest BCUT2D eigenvalue weighted by Gasteiger charge is 2.07. The van der Waals surface area contributed by atoms with E-state index in [0.29, 0.717) is 24.3 Å². The van der Waals surface area contributed by atoms with Gasteiger partial charge in [0, 0.05) is 30.9 Å². The van der Waals surface area contributed by atoms with E-state index in [1.165, 1.54) is 31.7 Å². The second-order valence-corrected chi connectivity index (χ2v) is 5.23. The fourth-order valence-electron chi connectivity index (χ4n) is 2.18. The van der Waals surface area contributed by atoms with Gasteiger partial charge in [0.15, 0.2) is 0 Å². The Morgan fingerprint density at radius 1 is 1.45 bits per heavy atom. The molecular weight excluding hydrogens is 254 g/mol. The molecule has 0 radical (unpaired) electrons. The third kappa shape index (κ3) is 5.33. The summed E-state index contributed by atoms with van der Waals surface area (Å²) in [6, 6.07) is 2.39. The molecule has 5 heteroatoms. The minimum Gasteiger partial charge on any atom is -0.468 e. The summed E-state index contributed by atoms with van der Waals surface area (Å²) < 4.78 is 6.74. The van der Waals surface area contributed by atoms with E-state index in [1.54, 1.807) is 18.6 Å². The van der Waals surface area contributed by atoms with Crippen LogP contribution >= 0.6 is 0 Å². The van der Waals surface area contributed by atoms with Crippen molar-refractivity contribution in [1.82, 2.24) is 14.9 Å². The Morgan fingerprint density at radius 2 is 2.20 bits per heavy atom. The third-order valence-corrected chi connectivity index (χ3v) is 3.35. The van der Waals surface area contributed by atoms with E-state index in [-0.39, 0.29) is 5.56 Å². The molecule has 1 heterocycles. The topological polar surface area (TPSA) is 56.1 Å². The first-order chi connectivity index (χ1) is 9.58. The second kappa shape index (κ2) is 8.74. The largest absolute Gasteiger partial charge is 0.468 e. The molecule has 1 rings (SSSR count). The van der Waals surface area contributed by atoms with Gasteiger partial charge in [0.2, 0.25) is 0 Å². The van der Waals surface area contributed by atoms with Crippen LogP contribution in [0.1, 0.15) is 45.2 Å². The standard InChI is InChI=1S/C15H27N3O2/c1-5-6-7-8-12(2)16-9-10-18-14(19)11-13(3)17-15(18)20-4/h11-12,16H,5-10H2,1-4H3. The maximum atomic E-state index is 11.9. The van der Waals surface area contributed by atoms with Gasteiger partial charge >= 0.3 is 0 Å². The van der Waals surface area contributed by atoms with Crippen molar-refractivity contribution in [1.29, 1.82) is 0 Å². The number of nitrogens with one attached hydrogen (secondary N) is 1. The van der Waals surface area contributed by atoms with E-state index in [0.717, 1.165) is 6.54 Å². The van der Waals surface area contributed by atoms with E-state index < -0.39 is 0 Å². The Labute approximate surface area is 121 Å². The molecule has 0 amide bonds. The molecule has 0 spiro atoms. The molecule has 1 atom stereocenters. The van der Waals surface area contributed by atoms with Crippen molar-refractivity contribution in [3.63, 3.8) is 0 Å². The van der Waals surface area contributed by atoms with Gasteiger partial charge in [-0.05, 0) is 20.3 Å². The highest BCUT2D eigenvalue weighted by atomic mass is 16.5. The van der Waals surface area contributed by atoms with Crippen LogP contribution in [0.15, 0.2) is 10.9 Å². The predicted molar refractivity (Wildman–Crippen MR) is 81.4 cm³/mol. The van der Waals surface area contributed by atoms with Crippen molar-refractivity contribution in [3.05, 3.63) is 22.1 Å². The van der Waals surface area contributed by atoms with Crippen LogP contribution in [0.3, 0.4) is 0 Å². The quantitative estimate of drug-likeness (QED) is 0.704. The molecule has 114 valence electrons. The Kier molecular flexibility index (Phi) is 7.30. The van der Waals surface area contributed by atoms with Crippen molar-refractivity contribution in [2.75, 3.05) is 13.7 Å². The van der Waals surface area contributed by atoms with Crippen molar-refractivity contribution >= 4 is 0 Å². The van der Waals surface area contributed by atoms with Gasteiger partial charge in [-0.1, -0.05) is 26.2 Å². The molecule has 0 bridgehead atoms. The average molecular weight is 281 g/mol. The number of nitrogens with zero attached hydrogens (tertiary/aromatic N) is 2. The minimum atomic E-state index is -0.0604. The maximum Gasteiger partial charge on any atom is 0.299 e. The monoisotopic (exact) mass is 281 g/mol. The number of aryl methyl sites for hydroxylation is 1. The van der Waals surface area contributed by atoms with E-state index in [1.807, 2.05) is 0 Å². The lowest BCUT2D eigenvalue weighted by Gasteiger charge is -2.15. The molecule has 0 aliphatic rings. The lowest BCUT2D eigenvalue weighted by molar-refractivity contribution is 0.339. The van der Waals surface area contributed by atoms with Gasteiger partial charge in [0.05, 0.1) is 7.11 Å². The lowest BCUT2D eigenvalue weighted by atomic mass is 10.1. The van der Waals surface area contributed by atoms with Crippen molar-refractivity contribution in [2.45, 2.75) is 59.0 Å². The first-order valence-corrected chi connectivity index (χ1v) is 7.44. The van der Waals surface area contributed by atoms with Gasteiger partial charge in [-0.15, -0.1) is 0 Å². The highest BCUT2D eigenvalue weighted by molar-refractivity contribution is 5.06. The summed E-state index contributed by atoms with van der Waals surface area (Å²) in [7, 11) is 1.54. The minimum absolute atomic E-state index is 0.0604. The zero-order valence-electron chi connectivity index (χ0n) is 13.1. The Bertz CT molecular complexity index is 457. The maximum absolute atomic E-state index is 11.9. The summed E-state index contributed by atoms with van der Waals surface area (Å²) >= 11 is 0. The Balaban J connectivity index is 2.48. The number of rotatable bonds is 9. The van der Waals surface area contributed by atoms with E-state index in [2.05, 4.69) is 24.1 Å². The van der Waals surface area contributed by atoms with Crippen molar-refractivity contribution in [3.8, 4) is 6.01 Å². The molecule has 0 aromatic carbocycles. The van der Waals surface area contributed by atoms with Crippen molar-refractivity contribution in [2.24, 2.45) is 0 Å². The molecular formula is C15H27N3O2. The summed E-state index contributed by atoms with van der Waals surface area (Å²) in [6.45, 7) is 7.51. The first-order valence-electron chi connectivity index (χ1n) is 7.44. The fraction of sp³-hybridized carbons (Fsp3) is 0.733. The van der Waals surface area contributed by atoms with Crippen molar-refractivity contribution < 1.29 is 4.74 Å². The van der Waals surface area contributed by atoms with E-state index in [4.69, 9.17) is 4.74 Å². The van der Waals surface area contributed by atoms with Gasteiger partial charge < -0.3 is 10.1 Å². The van der Waals surface area contributed by atoms with E-state index >= 15 is 0 Å². The van der Waals surface area contributed by atoms with Crippen LogP contribution < -0.4 is 15.6 Å². The Morgan fingerprint density at radius 3 is 2.85 bits per heavy atom. The summed E-state index contributed by atoms with van der Waals surface area (Å²) in [5.41, 5.74) is 0.624. The summed E-state index contributed by atoms with van der Waals surface area (Å²) in [4.78, 5) is 16.1. The fourth-order valence-corrected chi connectivity index (χ4v) is 2.18. The SMILES string of the molecule is CCCCCC(C)NCCn1c(OC)nc(C)cc1=O. The molecule has 5 nitrogen and oxygen atoms in total.